The second-order valence-corrected chi connectivity index (χ2v) is 6.68. The maximum atomic E-state index is 12.6. The molecule has 3 rings (SSSR count). The van der Waals surface area contributed by atoms with Crippen molar-refractivity contribution < 1.29 is 9.59 Å². The van der Waals surface area contributed by atoms with Crippen LogP contribution < -0.4 is 5.56 Å². The average Bonchev–Trinajstić information content (AvgIpc) is 2.63. The van der Waals surface area contributed by atoms with Gasteiger partial charge in [-0.25, -0.2) is 5.10 Å². The number of nitrogens with one attached hydrogen (secondary N) is 1. The van der Waals surface area contributed by atoms with Crippen molar-refractivity contribution in [2.24, 2.45) is 5.92 Å². The van der Waals surface area contributed by atoms with Gasteiger partial charge in [0.2, 0.25) is 0 Å². The van der Waals surface area contributed by atoms with Crippen LogP contribution in [0.4, 0.5) is 0 Å². The number of aromatic amines is 1. The van der Waals surface area contributed by atoms with Gasteiger partial charge >= 0.3 is 0 Å². The topological polar surface area (TPSA) is 83.1 Å². The first-order valence-electron chi connectivity index (χ1n) is 7.80. The fraction of sp³-hybridized carbons (Fsp3) is 0.294. The van der Waals surface area contributed by atoms with E-state index in [9.17, 15) is 14.4 Å². The Morgan fingerprint density at radius 1 is 1.08 bits per heavy atom. The third-order valence-electron chi connectivity index (χ3n) is 4.26. The smallest absolute Gasteiger partial charge is 0.274 e. The van der Waals surface area contributed by atoms with E-state index < -0.39 is 0 Å². The minimum Gasteiger partial charge on any atom is -0.337 e. The number of nitrogens with zero attached hydrogens (tertiary/aromatic N) is 2. The van der Waals surface area contributed by atoms with Crippen LogP contribution in [0, 0.1) is 5.92 Å². The Labute approximate surface area is 153 Å². The quantitative estimate of drug-likeness (QED) is 0.831. The van der Waals surface area contributed by atoms with E-state index in [4.69, 9.17) is 23.2 Å². The highest BCUT2D eigenvalue weighted by Gasteiger charge is 2.29. The number of hydrogen-bond acceptors (Lipinski definition) is 4. The Morgan fingerprint density at radius 2 is 1.80 bits per heavy atom. The molecule has 0 saturated carbocycles. The molecule has 0 aliphatic carbocycles. The zero-order chi connectivity index (χ0) is 18.0. The van der Waals surface area contributed by atoms with Crippen LogP contribution in [0.25, 0.3) is 0 Å². The van der Waals surface area contributed by atoms with Crippen molar-refractivity contribution in [2.45, 2.75) is 12.8 Å². The fourth-order valence-corrected chi connectivity index (χ4v) is 3.15. The normalized spacial score (nSPS) is 15.2. The van der Waals surface area contributed by atoms with Crippen LogP contribution in [-0.2, 0) is 0 Å². The highest BCUT2D eigenvalue weighted by Crippen LogP contribution is 2.27. The molecular formula is C17H15Cl2N3O3. The lowest BCUT2D eigenvalue weighted by Gasteiger charge is -2.31. The van der Waals surface area contributed by atoms with Crippen LogP contribution in [-0.4, -0.2) is 39.9 Å². The lowest BCUT2D eigenvalue weighted by molar-refractivity contribution is 0.0644. The summed E-state index contributed by atoms with van der Waals surface area (Å²) >= 11 is 11.8. The van der Waals surface area contributed by atoms with Gasteiger partial charge in [0.05, 0.1) is 10.0 Å². The molecule has 1 saturated heterocycles. The summed E-state index contributed by atoms with van der Waals surface area (Å²) in [6.45, 7) is 0.911. The van der Waals surface area contributed by atoms with Crippen molar-refractivity contribution in [2.75, 3.05) is 13.1 Å². The number of likely N-dealkylation sites (tertiary alicyclic amines) is 1. The molecule has 6 nitrogen and oxygen atoms in total. The number of carbonyl (C=O) groups excluding carboxylic acids is 2. The molecule has 1 fully saturated rings. The first kappa shape index (κ1) is 17.6. The van der Waals surface area contributed by atoms with Crippen molar-refractivity contribution in [3.8, 4) is 0 Å². The number of Topliss-reactive ketones (excluding diaryl/α,β-unsaturated/α-hetero) is 1. The molecule has 0 atom stereocenters. The Morgan fingerprint density at radius 3 is 2.40 bits per heavy atom. The average molecular weight is 380 g/mol. The number of benzene rings is 1. The lowest BCUT2D eigenvalue weighted by Crippen LogP contribution is -2.40. The van der Waals surface area contributed by atoms with Crippen molar-refractivity contribution in [1.82, 2.24) is 15.1 Å². The van der Waals surface area contributed by atoms with Crippen molar-refractivity contribution in [3.05, 3.63) is 62.0 Å². The van der Waals surface area contributed by atoms with E-state index in [-0.39, 0.29) is 28.9 Å². The number of aromatic nitrogens is 2. The predicted octanol–water partition coefficient (Wildman–Crippen LogP) is 2.81. The Hall–Kier alpha value is -2.18. The molecule has 0 unspecified atom stereocenters. The van der Waals surface area contributed by atoms with Crippen LogP contribution in [0.3, 0.4) is 0 Å². The largest absolute Gasteiger partial charge is 0.337 e. The second-order valence-electron chi connectivity index (χ2n) is 5.87. The zero-order valence-corrected chi connectivity index (χ0v) is 14.7. The number of piperidine rings is 1. The maximum Gasteiger partial charge on any atom is 0.274 e. The predicted molar refractivity (Wildman–Crippen MR) is 94.3 cm³/mol. The van der Waals surface area contributed by atoms with Crippen LogP contribution >= 0.6 is 23.2 Å². The van der Waals surface area contributed by atoms with Gasteiger partial charge in [0, 0.05) is 30.6 Å². The molecule has 1 amide bonds. The van der Waals surface area contributed by atoms with Crippen LogP contribution in [0.2, 0.25) is 10.0 Å². The van der Waals surface area contributed by atoms with E-state index in [0.29, 0.717) is 41.5 Å². The molecule has 2 heterocycles. The standard InChI is InChI=1S/C17H15Cl2N3O3/c18-12-2-1-11(9-13(12)19)16(24)10-5-7-22(8-6-10)17(25)14-3-4-15(23)21-20-14/h1-4,9-10H,5-8H2,(H,21,23). The van der Waals surface area contributed by atoms with Gasteiger partial charge in [-0.2, -0.15) is 5.10 Å². The first-order chi connectivity index (χ1) is 12.0. The highest BCUT2D eigenvalue weighted by atomic mass is 35.5. The third kappa shape index (κ3) is 3.91. The van der Waals surface area contributed by atoms with Gasteiger partial charge in [0.25, 0.3) is 11.5 Å². The molecule has 2 aromatic rings. The van der Waals surface area contributed by atoms with Crippen molar-refractivity contribution in [3.63, 3.8) is 0 Å². The van der Waals surface area contributed by atoms with Crippen molar-refractivity contribution >= 4 is 34.9 Å². The van der Waals surface area contributed by atoms with Crippen molar-refractivity contribution in [1.29, 1.82) is 0 Å². The maximum absolute atomic E-state index is 12.6. The van der Waals surface area contributed by atoms with E-state index in [2.05, 4.69) is 10.2 Å². The van der Waals surface area contributed by atoms with Gasteiger partial charge < -0.3 is 4.90 Å². The van der Waals surface area contributed by atoms with Gasteiger partial charge in [-0.3, -0.25) is 14.4 Å². The number of rotatable bonds is 3. The summed E-state index contributed by atoms with van der Waals surface area (Å²) in [5, 5.41) is 6.76. The summed E-state index contributed by atoms with van der Waals surface area (Å²) in [7, 11) is 0. The van der Waals surface area contributed by atoms with E-state index in [1.54, 1.807) is 23.1 Å². The number of amides is 1. The molecule has 1 aliphatic rings. The third-order valence-corrected chi connectivity index (χ3v) is 4.99. The number of halogens is 2. The minimum absolute atomic E-state index is 0.00725. The first-order valence-corrected chi connectivity index (χ1v) is 8.55. The SMILES string of the molecule is O=C(c1ccc(Cl)c(Cl)c1)C1CCN(C(=O)c2ccc(=O)[nH]n2)CC1. The van der Waals surface area contributed by atoms with Crippen LogP contribution in [0.5, 0.6) is 0 Å². The summed E-state index contributed by atoms with van der Waals surface area (Å²) in [4.78, 5) is 37.6. The van der Waals surface area contributed by atoms with E-state index >= 15 is 0 Å². The van der Waals surface area contributed by atoms with Crippen LogP contribution in [0.15, 0.2) is 35.1 Å². The van der Waals surface area contributed by atoms with Gasteiger partial charge in [-0.1, -0.05) is 23.2 Å². The molecule has 25 heavy (non-hydrogen) atoms. The Bertz CT molecular complexity index is 853. The van der Waals surface area contributed by atoms with Gasteiger partial charge in [0.1, 0.15) is 5.69 Å². The summed E-state index contributed by atoms with van der Waals surface area (Å²) in [5.41, 5.74) is 0.359. The van der Waals surface area contributed by atoms with E-state index in [0.717, 1.165) is 0 Å². The summed E-state index contributed by atoms with van der Waals surface area (Å²) in [6.07, 6.45) is 1.13. The van der Waals surface area contributed by atoms with Gasteiger partial charge in [-0.05, 0) is 37.1 Å². The molecule has 0 bridgehead atoms. The molecule has 0 spiro atoms. The Balaban J connectivity index is 1.64. The molecule has 1 aromatic carbocycles. The minimum atomic E-state index is -0.359. The molecule has 1 aliphatic heterocycles. The van der Waals surface area contributed by atoms with Crippen LogP contribution in [0.1, 0.15) is 33.7 Å². The van der Waals surface area contributed by atoms with Gasteiger partial charge in [-0.15, -0.1) is 0 Å². The number of hydrogen-bond donors (Lipinski definition) is 1. The lowest BCUT2D eigenvalue weighted by atomic mass is 9.89. The van der Waals surface area contributed by atoms with Gasteiger partial charge in [0.15, 0.2) is 5.78 Å². The second kappa shape index (κ2) is 7.37. The molecule has 1 N–H and O–H groups in total. The van der Waals surface area contributed by atoms with E-state index in [1.807, 2.05) is 0 Å². The Kier molecular flexibility index (Phi) is 5.20. The number of carbonyl (C=O) groups is 2. The zero-order valence-electron chi connectivity index (χ0n) is 13.2. The summed E-state index contributed by atoms with van der Waals surface area (Å²) < 4.78 is 0. The summed E-state index contributed by atoms with van der Waals surface area (Å²) in [5.74, 6) is -0.408. The fourth-order valence-electron chi connectivity index (χ4n) is 2.86. The molecule has 0 radical (unpaired) electrons. The monoisotopic (exact) mass is 379 g/mol. The molecule has 1 aromatic heterocycles. The molecular weight excluding hydrogens is 365 g/mol. The summed E-state index contributed by atoms with van der Waals surface area (Å²) in [6, 6.07) is 7.51. The highest BCUT2D eigenvalue weighted by molar-refractivity contribution is 6.42. The molecule has 130 valence electrons. The molecule has 8 heteroatoms. The van der Waals surface area contributed by atoms with E-state index in [1.165, 1.54) is 12.1 Å². The number of ketones is 1. The number of H-pyrrole nitrogens is 1.